The highest BCUT2D eigenvalue weighted by atomic mass is 16.2. The lowest BCUT2D eigenvalue weighted by Gasteiger charge is -2.16. The summed E-state index contributed by atoms with van der Waals surface area (Å²) in [5.41, 5.74) is 8.32. The van der Waals surface area contributed by atoms with E-state index in [9.17, 15) is 9.59 Å². The van der Waals surface area contributed by atoms with Gasteiger partial charge < -0.3 is 15.2 Å². The van der Waals surface area contributed by atoms with E-state index in [2.05, 4.69) is 11.5 Å². The second kappa shape index (κ2) is 5.20. The number of carbonyl (C=O) groups is 2. The van der Waals surface area contributed by atoms with Gasteiger partial charge in [0.2, 0.25) is 5.91 Å². The van der Waals surface area contributed by atoms with Crippen molar-refractivity contribution in [2.75, 3.05) is 13.1 Å². The molecule has 0 aromatic carbocycles. The Kier molecular flexibility index (Phi) is 3.51. The maximum atomic E-state index is 12.7. The SMILES string of the molecule is Cc1cc(C(=O)N2CCC(CC(N)=O)C2)c(C)n1C1CC1. The van der Waals surface area contributed by atoms with E-state index in [0.29, 0.717) is 19.0 Å². The van der Waals surface area contributed by atoms with Crippen molar-refractivity contribution in [3.8, 4) is 0 Å². The summed E-state index contributed by atoms with van der Waals surface area (Å²) in [6.07, 6.45) is 3.68. The van der Waals surface area contributed by atoms with Gasteiger partial charge in [0.1, 0.15) is 0 Å². The van der Waals surface area contributed by atoms with Crippen LogP contribution in [0.2, 0.25) is 0 Å². The molecule has 1 atom stereocenters. The van der Waals surface area contributed by atoms with Crippen molar-refractivity contribution >= 4 is 11.8 Å². The molecule has 114 valence electrons. The highest BCUT2D eigenvalue weighted by Gasteiger charge is 2.32. The molecule has 0 spiro atoms. The maximum absolute atomic E-state index is 12.7. The van der Waals surface area contributed by atoms with Gasteiger partial charge in [-0.05, 0) is 45.1 Å². The molecule has 0 bridgehead atoms. The Bertz CT molecular complexity index is 587. The van der Waals surface area contributed by atoms with Crippen LogP contribution in [0.3, 0.4) is 0 Å². The first kappa shape index (κ1) is 14.2. The van der Waals surface area contributed by atoms with Crippen LogP contribution in [0.5, 0.6) is 0 Å². The lowest BCUT2D eigenvalue weighted by molar-refractivity contribution is -0.118. The normalized spacial score (nSPS) is 21.8. The molecule has 1 aliphatic carbocycles. The molecule has 2 aliphatic rings. The molecule has 1 saturated carbocycles. The van der Waals surface area contributed by atoms with Crippen molar-refractivity contribution in [1.82, 2.24) is 9.47 Å². The molecule has 2 amide bonds. The van der Waals surface area contributed by atoms with E-state index in [0.717, 1.165) is 24.2 Å². The molecule has 1 saturated heterocycles. The van der Waals surface area contributed by atoms with Crippen LogP contribution in [0.15, 0.2) is 6.07 Å². The Labute approximate surface area is 125 Å². The smallest absolute Gasteiger partial charge is 0.255 e. The van der Waals surface area contributed by atoms with E-state index >= 15 is 0 Å². The summed E-state index contributed by atoms with van der Waals surface area (Å²) in [5, 5.41) is 0. The summed E-state index contributed by atoms with van der Waals surface area (Å²) >= 11 is 0. The number of carbonyl (C=O) groups excluding carboxylic acids is 2. The first-order valence-electron chi connectivity index (χ1n) is 7.73. The number of rotatable bonds is 4. The van der Waals surface area contributed by atoms with Gasteiger partial charge in [0.25, 0.3) is 5.91 Å². The van der Waals surface area contributed by atoms with E-state index in [1.165, 1.54) is 18.5 Å². The topological polar surface area (TPSA) is 68.3 Å². The highest BCUT2D eigenvalue weighted by molar-refractivity contribution is 5.96. The van der Waals surface area contributed by atoms with Crippen LogP contribution >= 0.6 is 0 Å². The molecule has 2 fully saturated rings. The van der Waals surface area contributed by atoms with Gasteiger partial charge in [-0.1, -0.05) is 0 Å². The van der Waals surface area contributed by atoms with Crippen LogP contribution < -0.4 is 5.73 Å². The van der Waals surface area contributed by atoms with E-state index in [1.54, 1.807) is 0 Å². The van der Waals surface area contributed by atoms with Crippen molar-refractivity contribution in [1.29, 1.82) is 0 Å². The Morgan fingerprint density at radius 1 is 1.29 bits per heavy atom. The third-order valence-corrected chi connectivity index (χ3v) is 4.69. The van der Waals surface area contributed by atoms with Gasteiger partial charge in [-0.2, -0.15) is 0 Å². The monoisotopic (exact) mass is 289 g/mol. The van der Waals surface area contributed by atoms with Crippen LogP contribution in [0.4, 0.5) is 0 Å². The molecule has 1 aliphatic heterocycles. The zero-order valence-electron chi connectivity index (χ0n) is 12.8. The van der Waals surface area contributed by atoms with Crippen molar-refractivity contribution in [2.24, 2.45) is 11.7 Å². The Hall–Kier alpha value is -1.78. The van der Waals surface area contributed by atoms with E-state index in [-0.39, 0.29) is 17.7 Å². The number of aromatic nitrogens is 1. The van der Waals surface area contributed by atoms with E-state index in [1.807, 2.05) is 17.9 Å². The molecule has 5 heteroatoms. The molecular formula is C16H23N3O2. The molecule has 3 rings (SSSR count). The van der Waals surface area contributed by atoms with Crippen LogP contribution in [0, 0.1) is 19.8 Å². The summed E-state index contributed by atoms with van der Waals surface area (Å²) in [5.74, 6) is 0.0431. The number of hydrogen-bond acceptors (Lipinski definition) is 2. The summed E-state index contributed by atoms with van der Waals surface area (Å²) in [6.45, 7) is 5.48. The van der Waals surface area contributed by atoms with Crippen LogP contribution in [0.1, 0.15) is 53.5 Å². The van der Waals surface area contributed by atoms with Gasteiger partial charge in [0, 0.05) is 36.9 Å². The van der Waals surface area contributed by atoms with Crippen molar-refractivity contribution in [3.63, 3.8) is 0 Å². The third kappa shape index (κ3) is 2.69. The number of nitrogens with two attached hydrogens (primary N) is 1. The summed E-state index contributed by atoms with van der Waals surface area (Å²) in [4.78, 5) is 25.6. The van der Waals surface area contributed by atoms with Crippen molar-refractivity contribution < 1.29 is 9.59 Å². The molecule has 21 heavy (non-hydrogen) atoms. The first-order valence-corrected chi connectivity index (χ1v) is 7.73. The molecule has 1 aromatic heterocycles. The number of amides is 2. The minimum atomic E-state index is -0.277. The molecule has 2 heterocycles. The van der Waals surface area contributed by atoms with Crippen molar-refractivity contribution in [2.45, 2.75) is 45.6 Å². The summed E-state index contributed by atoms with van der Waals surface area (Å²) in [6, 6.07) is 2.60. The molecule has 2 N–H and O–H groups in total. The molecule has 5 nitrogen and oxygen atoms in total. The van der Waals surface area contributed by atoms with Crippen LogP contribution in [0.25, 0.3) is 0 Å². The van der Waals surface area contributed by atoms with E-state index in [4.69, 9.17) is 5.73 Å². The molecule has 1 unspecified atom stereocenters. The molecule has 1 aromatic rings. The summed E-state index contributed by atoms with van der Waals surface area (Å²) in [7, 11) is 0. The van der Waals surface area contributed by atoms with E-state index < -0.39 is 0 Å². The number of likely N-dealkylation sites (tertiary alicyclic amines) is 1. The fraction of sp³-hybridized carbons (Fsp3) is 0.625. The molecular weight excluding hydrogens is 266 g/mol. The number of aryl methyl sites for hydroxylation is 1. The number of primary amides is 1. The van der Waals surface area contributed by atoms with Gasteiger partial charge in [0.15, 0.2) is 0 Å². The lowest BCUT2D eigenvalue weighted by atomic mass is 10.1. The van der Waals surface area contributed by atoms with Gasteiger partial charge in [-0.3, -0.25) is 9.59 Å². The van der Waals surface area contributed by atoms with Gasteiger partial charge in [-0.15, -0.1) is 0 Å². The second-order valence-electron chi connectivity index (χ2n) is 6.46. The second-order valence-corrected chi connectivity index (χ2v) is 6.46. The fourth-order valence-corrected chi connectivity index (χ4v) is 3.53. The zero-order valence-corrected chi connectivity index (χ0v) is 12.8. The predicted octanol–water partition coefficient (Wildman–Crippen LogP) is 1.78. The van der Waals surface area contributed by atoms with Crippen LogP contribution in [-0.4, -0.2) is 34.4 Å². The quantitative estimate of drug-likeness (QED) is 0.918. The largest absolute Gasteiger partial charge is 0.370 e. The summed E-state index contributed by atoms with van der Waals surface area (Å²) < 4.78 is 2.30. The Morgan fingerprint density at radius 3 is 2.62 bits per heavy atom. The number of hydrogen-bond donors (Lipinski definition) is 1. The van der Waals surface area contributed by atoms with Gasteiger partial charge in [-0.25, -0.2) is 0 Å². The fourth-order valence-electron chi connectivity index (χ4n) is 3.53. The Balaban J connectivity index is 1.74. The highest BCUT2D eigenvalue weighted by Crippen LogP contribution is 2.38. The number of nitrogens with zero attached hydrogens (tertiary/aromatic N) is 2. The Morgan fingerprint density at radius 2 is 2.00 bits per heavy atom. The standard InChI is InChI=1S/C16H23N3O2/c1-10-7-14(11(2)19(10)13-3-4-13)16(21)18-6-5-12(9-18)8-15(17)20/h7,12-13H,3-6,8-9H2,1-2H3,(H2,17,20). The predicted molar refractivity (Wildman–Crippen MR) is 80.0 cm³/mol. The minimum absolute atomic E-state index is 0.0990. The zero-order chi connectivity index (χ0) is 15.1. The minimum Gasteiger partial charge on any atom is -0.370 e. The first-order chi connectivity index (χ1) is 9.97. The van der Waals surface area contributed by atoms with Crippen LogP contribution in [-0.2, 0) is 4.79 Å². The van der Waals surface area contributed by atoms with Gasteiger partial charge in [0.05, 0.1) is 5.56 Å². The lowest BCUT2D eigenvalue weighted by Crippen LogP contribution is -2.29. The maximum Gasteiger partial charge on any atom is 0.255 e. The van der Waals surface area contributed by atoms with Crippen molar-refractivity contribution in [3.05, 3.63) is 23.0 Å². The molecule has 0 radical (unpaired) electrons. The average molecular weight is 289 g/mol. The van der Waals surface area contributed by atoms with Gasteiger partial charge >= 0.3 is 0 Å². The third-order valence-electron chi connectivity index (χ3n) is 4.69. The average Bonchev–Trinajstić information content (AvgIpc) is 3.05.